The van der Waals surface area contributed by atoms with Crippen molar-refractivity contribution in [2.24, 2.45) is 0 Å². The maximum Gasteiger partial charge on any atom is 0.348 e. The first-order valence-corrected chi connectivity index (χ1v) is 13.4. The van der Waals surface area contributed by atoms with Crippen molar-refractivity contribution in [2.45, 2.75) is 45.3 Å². The Morgan fingerprint density at radius 1 is 1.11 bits per heavy atom. The van der Waals surface area contributed by atoms with Crippen LogP contribution in [0, 0.1) is 18.3 Å². The lowest BCUT2D eigenvalue weighted by molar-refractivity contribution is 0.485. The standard InChI is InChI=1S/C26H25FN6O3S/c1-18-25(24-13-14-29-32(24)22-11-9-19(17-28)10-12-22)33(37(35,36)30-21-6-2-3-7-21)26(34)31(18)23-8-4-5-20(15-23)16-27/h4-5,8-15,21,30H,2-3,6-7,16H2,1H3. The summed E-state index contributed by atoms with van der Waals surface area (Å²) in [5, 5.41) is 13.5. The van der Waals surface area contributed by atoms with Crippen LogP contribution in [0.5, 0.6) is 0 Å². The van der Waals surface area contributed by atoms with Gasteiger partial charge in [0.15, 0.2) is 0 Å². The average Bonchev–Trinajstić information content (AvgIpc) is 3.63. The predicted octanol–water partition coefficient (Wildman–Crippen LogP) is 3.77. The Morgan fingerprint density at radius 3 is 2.51 bits per heavy atom. The van der Waals surface area contributed by atoms with E-state index in [2.05, 4.69) is 15.9 Å². The fraction of sp³-hybridized carbons (Fsp3) is 0.269. The predicted molar refractivity (Wildman–Crippen MR) is 137 cm³/mol. The summed E-state index contributed by atoms with van der Waals surface area (Å²) in [7, 11) is -4.29. The smallest absolute Gasteiger partial charge is 0.264 e. The van der Waals surface area contributed by atoms with E-state index in [-0.39, 0.29) is 11.7 Å². The molecule has 1 aliphatic rings. The largest absolute Gasteiger partial charge is 0.348 e. The minimum atomic E-state index is -4.29. The van der Waals surface area contributed by atoms with E-state index in [4.69, 9.17) is 5.26 Å². The zero-order valence-corrected chi connectivity index (χ0v) is 20.9. The molecule has 0 atom stereocenters. The molecule has 1 saturated carbocycles. The number of alkyl halides is 1. The Kier molecular flexibility index (Phi) is 6.54. The van der Waals surface area contributed by atoms with Crippen LogP contribution >= 0.6 is 0 Å². The van der Waals surface area contributed by atoms with Crippen molar-refractivity contribution in [3.63, 3.8) is 0 Å². The van der Waals surface area contributed by atoms with Gasteiger partial charge in [-0.15, -0.1) is 0 Å². The monoisotopic (exact) mass is 520 g/mol. The van der Waals surface area contributed by atoms with Crippen LogP contribution in [0.4, 0.5) is 4.39 Å². The summed E-state index contributed by atoms with van der Waals surface area (Å²) in [5.74, 6) is 0. The van der Waals surface area contributed by atoms with Crippen LogP contribution in [-0.4, -0.2) is 32.8 Å². The van der Waals surface area contributed by atoms with Gasteiger partial charge in [0.05, 0.1) is 40.6 Å². The second-order valence-corrected chi connectivity index (χ2v) is 10.6. The summed E-state index contributed by atoms with van der Waals surface area (Å²) in [5.41, 5.74) is 1.86. The zero-order valence-electron chi connectivity index (χ0n) is 20.1. The molecular formula is C26H25FN6O3S. The second-order valence-electron chi connectivity index (χ2n) is 9.01. The van der Waals surface area contributed by atoms with E-state index in [1.54, 1.807) is 55.5 Å². The summed E-state index contributed by atoms with van der Waals surface area (Å²) in [6.07, 6.45) is 4.74. The molecule has 1 N–H and O–H groups in total. The van der Waals surface area contributed by atoms with Crippen LogP contribution < -0.4 is 10.4 Å². The third-order valence-corrected chi connectivity index (χ3v) is 8.06. The molecule has 37 heavy (non-hydrogen) atoms. The lowest BCUT2D eigenvalue weighted by Gasteiger charge is -2.15. The van der Waals surface area contributed by atoms with Crippen LogP contribution in [0.1, 0.15) is 42.5 Å². The van der Waals surface area contributed by atoms with Gasteiger partial charge in [0.2, 0.25) is 0 Å². The van der Waals surface area contributed by atoms with E-state index < -0.39 is 22.6 Å². The van der Waals surface area contributed by atoms with Crippen LogP contribution in [-0.2, 0) is 16.9 Å². The second kappa shape index (κ2) is 9.80. The first kappa shape index (κ1) is 24.7. The lowest BCUT2D eigenvalue weighted by Crippen LogP contribution is -2.42. The molecule has 190 valence electrons. The summed E-state index contributed by atoms with van der Waals surface area (Å²) in [4.78, 5) is 13.8. The van der Waals surface area contributed by atoms with Crippen molar-refractivity contribution >= 4 is 10.2 Å². The molecule has 9 nitrogen and oxygen atoms in total. The number of rotatable bonds is 7. The molecule has 1 fully saturated rings. The zero-order chi connectivity index (χ0) is 26.2. The van der Waals surface area contributed by atoms with E-state index in [1.165, 1.54) is 21.5 Å². The molecule has 0 amide bonds. The van der Waals surface area contributed by atoms with Gasteiger partial charge in [0.1, 0.15) is 12.4 Å². The third-order valence-electron chi connectivity index (χ3n) is 6.61. The Labute approximate surface area is 213 Å². The molecule has 0 saturated heterocycles. The first-order valence-electron chi connectivity index (χ1n) is 11.9. The van der Waals surface area contributed by atoms with E-state index >= 15 is 0 Å². The van der Waals surface area contributed by atoms with Crippen molar-refractivity contribution in [3.8, 4) is 28.8 Å². The molecule has 0 bridgehead atoms. The Balaban J connectivity index is 1.75. The van der Waals surface area contributed by atoms with Gasteiger partial charge < -0.3 is 0 Å². The van der Waals surface area contributed by atoms with Crippen molar-refractivity contribution in [3.05, 3.63) is 88.1 Å². The van der Waals surface area contributed by atoms with Gasteiger partial charge in [-0.1, -0.05) is 25.0 Å². The van der Waals surface area contributed by atoms with Crippen LogP contribution in [0.25, 0.3) is 22.8 Å². The molecule has 5 rings (SSSR count). The topological polar surface area (TPSA) is 115 Å². The van der Waals surface area contributed by atoms with Crippen molar-refractivity contribution < 1.29 is 12.8 Å². The first-order chi connectivity index (χ1) is 17.8. The van der Waals surface area contributed by atoms with Crippen molar-refractivity contribution in [1.29, 1.82) is 5.26 Å². The quantitative estimate of drug-likeness (QED) is 0.398. The van der Waals surface area contributed by atoms with Gasteiger partial charge in [-0.3, -0.25) is 4.57 Å². The molecule has 1 aliphatic carbocycles. The minimum Gasteiger partial charge on any atom is -0.264 e. The van der Waals surface area contributed by atoms with Crippen molar-refractivity contribution in [2.75, 3.05) is 0 Å². The SMILES string of the molecule is Cc1c(-c2ccnn2-c2ccc(C#N)cc2)n(S(=O)(=O)NC2CCCC2)c(=O)n1-c1cccc(CF)c1. The molecule has 4 aromatic rings. The average molecular weight is 521 g/mol. The van der Waals surface area contributed by atoms with E-state index in [0.29, 0.717) is 46.7 Å². The Bertz CT molecular complexity index is 1660. The summed E-state index contributed by atoms with van der Waals surface area (Å²) in [6, 6.07) is 16.5. The Morgan fingerprint density at radius 2 is 1.84 bits per heavy atom. The van der Waals surface area contributed by atoms with Crippen LogP contribution in [0.3, 0.4) is 0 Å². The number of imidazole rings is 1. The molecule has 2 heterocycles. The van der Waals surface area contributed by atoms with E-state index in [0.717, 1.165) is 16.8 Å². The number of halogens is 1. The normalized spacial score (nSPS) is 14.2. The summed E-state index contributed by atoms with van der Waals surface area (Å²) >= 11 is 0. The van der Waals surface area contributed by atoms with Gasteiger partial charge in [-0.25, -0.2) is 13.9 Å². The number of hydrogen-bond acceptors (Lipinski definition) is 5. The molecule has 0 spiro atoms. The fourth-order valence-corrected chi connectivity index (χ4v) is 6.37. The van der Waals surface area contributed by atoms with E-state index in [1.807, 2.05) is 0 Å². The van der Waals surface area contributed by atoms with Gasteiger partial charge in [0.25, 0.3) is 0 Å². The van der Waals surface area contributed by atoms with Crippen LogP contribution in [0.2, 0.25) is 0 Å². The third kappa shape index (κ3) is 4.50. The number of aromatic nitrogens is 4. The lowest BCUT2D eigenvalue weighted by atomic mass is 10.2. The molecule has 2 aromatic heterocycles. The number of hydrogen-bond donors (Lipinski definition) is 1. The number of nitrogens with zero attached hydrogens (tertiary/aromatic N) is 5. The highest BCUT2D eigenvalue weighted by Crippen LogP contribution is 2.29. The molecule has 0 radical (unpaired) electrons. The highest BCUT2D eigenvalue weighted by atomic mass is 32.2. The van der Waals surface area contributed by atoms with Gasteiger partial charge in [0, 0.05) is 6.04 Å². The minimum absolute atomic E-state index is 0.142. The Hall–Kier alpha value is -4.01. The highest BCUT2D eigenvalue weighted by Gasteiger charge is 2.32. The molecule has 2 aromatic carbocycles. The van der Waals surface area contributed by atoms with E-state index in [9.17, 15) is 17.6 Å². The fourth-order valence-electron chi connectivity index (χ4n) is 4.85. The van der Waals surface area contributed by atoms with Crippen molar-refractivity contribution in [1.82, 2.24) is 23.0 Å². The van der Waals surface area contributed by atoms with Crippen LogP contribution in [0.15, 0.2) is 65.6 Å². The molecule has 11 heteroatoms. The molecule has 0 unspecified atom stereocenters. The number of nitriles is 1. The summed E-state index contributed by atoms with van der Waals surface area (Å²) < 4.78 is 47.1. The number of benzene rings is 2. The molecular weight excluding hydrogens is 495 g/mol. The maximum absolute atomic E-state index is 13.8. The molecule has 0 aliphatic heterocycles. The van der Waals surface area contributed by atoms with Gasteiger partial charge in [-0.05, 0) is 67.8 Å². The van der Waals surface area contributed by atoms with Gasteiger partial charge in [-0.2, -0.15) is 27.5 Å². The van der Waals surface area contributed by atoms with Gasteiger partial charge >= 0.3 is 15.9 Å². The summed E-state index contributed by atoms with van der Waals surface area (Å²) in [6.45, 7) is 0.929. The number of nitrogens with one attached hydrogen (secondary N) is 1. The maximum atomic E-state index is 13.8. The highest BCUT2D eigenvalue weighted by molar-refractivity contribution is 7.88.